The number of ether oxygens (including phenoxy) is 1. The molecule has 19 heavy (non-hydrogen) atoms. The van der Waals surface area contributed by atoms with Gasteiger partial charge in [0.05, 0.1) is 10.7 Å². The van der Waals surface area contributed by atoms with Crippen molar-refractivity contribution in [2.75, 3.05) is 18.4 Å². The van der Waals surface area contributed by atoms with Gasteiger partial charge in [0.1, 0.15) is 5.60 Å². The first kappa shape index (κ1) is 15.6. The minimum absolute atomic E-state index is 0.413. The van der Waals surface area contributed by atoms with Crippen molar-refractivity contribution >= 4 is 23.4 Å². The van der Waals surface area contributed by atoms with Gasteiger partial charge in [-0.25, -0.2) is 4.79 Å². The van der Waals surface area contributed by atoms with Gasteiger partial charge in [0, 0.05) is 13.1 Å². The van der Waals surface area contributed by atoms with Gasteiger partial charge in [-0.15, -0.1) is 0 Å². The lowest BCUT2D eigenvalue weighted by molar-refractivity contribution is 0.0530. The third-order valence-corrected chi connectivity index (χ3v) is 2.55. The minimum atomic E-state index is -0.474. The number of halogens is 1. The molecule has 0 radical (unpaired) electrons. The van der Waals surface area contributed by atoms with Crippen molar-refractivity contribution in [2.24, 2.45) is 0 Å². The molecule has 0 spiro atoms. The fraction of sp³-hybridized carbons (Fsp3) is 0.500. The Kier molecular flexibility index (Phi) is 5.48. The summed E-state index contributed by atoms with van der Waals surface area (Å²) in [6, 6.07) is 5.80. The smallest absolute Gasteiger partial charge is 0.407 e. The maximum atomic E-state index is 11.4. The van der Waals surface area contributed by atoms with E-state index in [4.69, 9.17) is 16.3 Å². The molecule has 0 saturated carbocycles. The average Bonchev–Trinajstić information content (AvgIpc) is 2.24. The molecule has 106 valence electrons. The summed E-state index contributed by atoms with van der Waals surface area (Å²) in [4.78, 5) is 11.4. The fourth-order valence-corrected chi connectivity index (χ4v) is 1.74. The first-order valence-electron chi connectivity index (χ1n) is 6.25. The van der Waals surface area contributed by atoms with Gasteiger partial charge < -0.3 is 15.4 Å². The molecular weight excluding hydrogens is 264 g/mol. The molecule has 0 saturated heterocycles. The Morgan fingerprint density at radius 1 is 1.32 bits per heavy atom. The summed E-state index contributed by atoms with van der Waals surface area (Å²) >= 11 is 6.08. The zero-order valence-electron chi connectivity index (χ0n) is 11.8. The number of hydrogen-bond acceptors (Lipinski definition) is 3. The second kappa shape index (κ2) is 6.66. The largest absolute Gasteiger partial charge is 0.444 e. The number of aryl methyl sites for hydroxylation is 1. The molecule has 0 aliphatic carbocycles. The standard InChI is InChI=1S/C14H21ClN2O2/c1-10-5-6-12(11(15)9-10)16-7-8-17-13(18)19-14(2,3)4/h5-6,9,16H,7-8H2,1-4H3,(H,17,18). The summed E-state index contributed by atoms with van der Waals surface area (Å²) in [6.07, 6.45) is -0.413. The predicted octanol–water partition coefficient (Wildman–Crippen LogP) is 3.59. The van der Waals surface area contributed by atoms with Gasteiger partial charge in [-0.1, -0.05) is 17.7 Å². The maximum absolute atomic E-state index is 11.4. The van der Waals surface area contributed by atoms with Gasteiger partial charge in [-0.05, 0) is 45.4 Å². The lowest BCUT2D eigenvalue weighted by atomic mass is 10.2. The van der Waals surface area contributed by atoms with Crippen LogP contribution >= 0.6 is 11.6 Å². The van der Waals surface area contributed by atoms with Crippen molar-refractivity contribution in [3.05, 3.63) is 28.8 Å². The van der Waals surface area contributed by atoms with Crippen molar-refractivity contribution in [3.8, 4) is 0 Å². The fourth-order valence-electron chi connectivity index (χ4n) is 1.44. The van der Waals surface area contributed by atoms with Gasteiger partial charge in [-0.3, -0.25) is 0 Å². The van der Waals surface area contributed by atoms with Crippen molar-refractivity contribution in [1.82, 2.24) is 5.32 Å². The molecule has 1 aromatic carbocycles. The quantitative estimate of drug-likeness (QED) is 0.831. The first-order valence-corrected chi connectivity index (χ1v) is 6.62. The molecule has 0 aliphatic rings. The van der Waals surface area contributed by atoms with Crippen molar-refractivity contribution < 1.29 is 9.53 Å². The maximum Gasteiger partial charge on any atom is 0.407 e. The van der Waals surface area contributed by atoms with E-state index < -0.39 is 11.7 Å². The summed E-state index contributed by atoms with van der Waals surface area (Å²) in [5.41, 5.74) is 1.50. The highest BCUT2D eigenvalue weighted by molar-refractivity contribution is 6.33. The Hall–Kier alpha value is -1.42. The van der Waals surface area contributed by atoms with E-state index >= 15 is 0 Å². The number of amides is 1. The topological polar surface area (TPSA) is 50.4 Å². The van der Waals surface area contributed by atoms with Crippen LogP contribution in [0.1, 0.15) is 26.3 Å². The van der Waals surface area contributed by atoms with E-state index in [1.54, 1.807) is 0 Å². The number of alkyl carbamates (subject to hydrolysis) is 1. The highest BCUT2D eigenvalue weighted by Crippen LogP contribution is 2.22. The molecule has 0 bridgehead atoms. The zero-order valence-corrected chi connectivity index (χ0v) is 12.6. The van der Waals surface area contributed by atoms with Gasteiger partial charge in [0.2, 0.25) is 0 Å². The van der Waals surface area contributed by atoms with E-state index in [2.05, 4.69) is 10.6 Å². The molecular formula is C14H21ClN2O2. The molecule has 1 amide bonds. The van der Waals surface area contributed by atoms with Crippen LogP contribution in [0.2, 0.25) is 5.02 Å². The molecule has 1 aromatic rings. The second-order valence-electron chi connectivity index (χ2n) is 5.34. The molecule has 0 aromatic heterocycles. The number of nitrogens with one attached hydrogen (secondary N) is 2. The lowest BCUT2D eigenvalue weighted by Gasteiger charge is -2.19. The highest BCUT2D eigenvalue weighted by Gasteiger charge is 2.15. The molecule has 0 heterocycles. The Morgan fingerprint density at radius 3 is 2.58 bits per heavy atom. The number of benzene rings is 1. The van der Waals surface area contributed by atoms with Crippen LogP contribution in [-0.4, -0.2) is 24.8 Å². The summed E-state index contributed by atoms with van der Waals surface area (Å²) in [5, 5.41) is 6.51. The predicted molar refractivity (Wildman–Crippen MR) is 78.9 cm³/mol. The van der Waals surface area contributed by atoms with Crippen molar-refractivity contribution in [1.29, 1.82) is 0 Å². The normalized spacial score (nSPS) is 11.0. The molecule has 0 atom stereocenters. The molecule has 0 aliphatic heterocycles. The second-order valence-corrected chi connectivity index (χ2v) is 5.75. The minimum Gasteiger partial charge on any atom is -0.444 e. The molecule has 0 fully saturated rings. The van der Waals surface area contributed by atoms with Crippen molar-refractivity contribution in [2.45, 2.75) is 33.3 Å². The Bertz CT molecular complexity index is 442. The number of carbonyl (C=O) groups is 1. The van der Waals surface area contributed by atoms with Gasteiger partial charge in [-0.2, -0.15) is 0 Å². The SMILES string of the molecule is Cc1ccc(NCCNC(=O)OC(C)(C)C)c(Cl)c1. The number of rotatable bonds is 4. The van der Waals surface area contributed by atoms with Crippen LogP contribution in [0.5, 0.6) is 0 Å². The number of carbonyl (C=O) groups excluding carboxylic acids is 1. The van der Waals surface area contributed by atoms with Gasteiger partial charge in [0.25, 0.3) is 0 Å². The Labute approximate surface area is 119 Å². The summed E-state index contributed by atoms with van der Waals surface area (Å²) < 4.78 is 5.13. The average molecular weight is 285 g/mol. The summed E-state index contributed by atoms with van der Waals surface area (Å²) in [5.74, 6) is 0. The third-order valence-electron chi connectivity index (χ3n) is 2.23. The van der Waals surface area contributed by atoms with E-state index in [1.807, 2.05) is 45.9 Å². The molecule has 2 N–H and O–H groups in total. The molecule has 1 rings (SSSR count). The van der Waals surface area contributed by atoms with E-state index in [0.717, 1.165) is 11.3 Å². The number of anilines is 1. The van der Waals surface area contributed by atoms with Crippen LogP contribution < -0.4 is 10.6 Å². The summed E-state index contributed by atoms with van der Waals surface area (Å²) in [6.45, 7) is 8.53. The third kappa shape index (κ3) is 6.34. The Morgan fingerprint density at radius 2 is 2.00 bits per heavy atom. The van der Waals surface area contributed by atoms with Crippen LogP contribution in [0.4, 0.5) is 10.5 Å². The monoisotopic (exact) mass is 284 g/mol. The van der Waals surface area contributed by atoms with Crippen LogP contribution in [0, 0.1) is 6.92 Å². The van der Waals surface area contributed by atoms with E-state index in [1.165, 1.54) is 0 Å². The van der Waals surface area contributed by atoms with Crippen LogP contribution in [-0.2, 0) is 4.74 Å². The van der Waals surface area contributed by atoms with Gasteiger partial charge in [0.15, 0.2) is 0 Å². The molecule has 5 heteroatoms. The molecule has 4 nitrogen and oxygen atoms in total. The first-order chi connectivity index (χ1) is 8.78. The van der Waals surface area contributed by atoms with E-state index in [-0.39, 0.29) is 0 Å². The van der Waals surface area contributed by atoms with Gasteiger partial charge >= 0.3 is 6.09 Å². The van der Waals surface area contributed by atoms with Crippen LogP contribution in [0.15, 0.2) is 18.2 Å². The molecule has 0 unspecified atom stereocenters. The number of hydrogen-bond donors (Lipinski definition) is 2. The zero-order chi connectivity index (χ0) is 14.5. The van der Waals surface area contributed by atoms with Crippen molar-refractivity contribution in [3.63, 3.8) is 0 Å². The highest BCUT2D eigenvalue weighted by atomic mass is 35.5. The van der Waals surface area contributed by atoms with Crippen LogP contribution in [0.25, 0.3) is 0 Å². The van der Waals surface area contributed by atoms with Crippen LogP contribution in [0.3, 0.4) is 0 Å². The van der Waals surface area contributed by atoms with E-state index in [9.17, 15) is 4.79 Å². The lowest BCUT2D eigenvalue weighted by Crippen LogP contribution is -2.35. The summed E-state index contributed by atoms with van der Waals surface area (Å²) in [7, 11) is 0. The Balaban J connectivity index is 2.29. The van der Waals surface area contributed by atoms with E-state index in [0.29, 0.717) is 18.1 Å².